The van der Waals surface area contributed by atoms with Crippen molar-refractivity contribution in [2.45, 2.75) is 58.0 Å². The Hall–Kier alpha value is -1.88. The average Bonchev–Trinajstić information content (AvgIpc) is 3.17. The normalized spacial score (nSPS) is 26.7. The van der Waals surface area contributed by atoms with Crippen LogP contribution in [-0.2, 0) is 27.2 Å². The van der Waals surface area contributed by atoms with Crippen LogP contribution in [0.4, 0.5) is 5.69 Å². The summed E-state index contributed by atoms with van der Waals surface area (Å²) in [5.41, 5.74) is 3.57. The molecule has 0 unspecified atom stereocenters. The van der Waals surface area contributed by atoms with E-state index in [1.165, 1.54) is 5.56 Å². The molecule has 4 rings (SSSR count). The van der Waals surface area contributed by atoms with E-state index in [4.69, 9.17) is 4.74 Å². The topological polar surface area (TPSA) is 58.6 Å². The minimum Gasteiger partial charge on any atom is -0.378 e. The van der Waals surface area contributed by atoms with E-state index in [0.717, 1.165) is 63.1 Å². The van der Waals surface area contributed by atoms with Crippen molar-refractivity contribution in [2.75, 3.05) is 25.0 Å². The van der Waals surface area contributed by atoms with Crippen LogP contribution in [0.25, 0.3) is 0 Å². The fourth-order valence-electron chi connectivity index (χ4n) is 4.78. The van der Waals surface area contributed by atoms with Gasteiger partial charge >= 0.3 is 0 Å². The van der Waals surface area contributed by atoms with E-state index in [-0.39, 0.29) is 5.91 Å². The number of rotatable bonds is 6. The molecule has 1 saturated carbocycles. The molecule has 5 nitrogen and oxygen atoms in total. The van der Waals surface area contributed by atoms with E-state index in [2.05, 4.69) is 22.3 Å². The molecule has 1 spiro atoms. The minimum absolute atomic E-state index is 0.0675. The summed E-state index contributed by atoms with van der Waals surface area (Å²) < 4.78 is 5.68. The lowest BCUT2D eigenvalue weighted by Gasteiger charge is -2.44. The van der Waals surface area contributed by atoms with E-state index in [1.54, 1.807) is 0 Å². The third-order valence-electron chi connectivity index (χ3n) is 6.17. The van der Waals surface area contributed by atoms with Crippen LogP contribution in [0.2, 0.25) is 0 Å². The predicted octanol–water partition coefficient (Wildman–Crippen LogP) is 2.92. The molecule has 1 aliphatic carbocycles. The monoisotopic (exact) mass is 356 g/mol. The molecule has 0 atom stereocenters. The lowest BCUT2D eigenvalue weighted by molar-refractivity contribution is -0.132. The number of anilines is 1. The minimum atomic E-state index is 0.0675. The second-order valence-electron chi connectivity index (χ2n) is 8.12. The zero-order chi connectivity index (χ0) is 18.1. The van der Waals surface area contributed by atoms with Crippen molar-refractivity contribution in [2.24, 2.45) is 5.41 Å². The third-order valence-corrected chi connectivity index (χ3v) is 6.17. The van der Waals surface area contributed by atoms with E-state index in [9.17, 15) is 9.59 Å². The molecule has 2 amide bonds. The molecule has 2 aliphatic heterocycles. The first kappa shape index (κ1) is 17.5. The summed E-state index contributed by atoms with van der Waals surface area (Å²) in [4.78, 5) is 26.0. The van der Waals surface area contributed by atoms with Crippen LogP contribution < -0.4 is 5.32 Å². The Bertz CT molecular complexity index is 709. The Morgan fingerprint density at radius 1 is 1.38 bits per heavy atom. The summed E-state index contributed by atoms with van der Waals surface area (Å²) in [6.07, 6.45) is 6.62. The van der Waals surface area contributed by atoms with Gasteiger partial charge in [0.1, 0.15) is 0 Å². The van der Waals surface area contributed by atoms with Crippen LogP contribution in [0.3, 0.4) is 0 Å². The SMILES string of the molecule is CCOC1CC2(CCN(C(=O)CCCc3ccc4c(c3)CC(=O)N4)C2)C1. The maximum absolute atomic E-state index is 12.5. The van der Waals surface area contributed by atoms with Gasteiger partial charge in [-0.1, -0.05) is 12.1 Å². The standard InChI is InChI=1S/C21H28N2O3/c1-2-26-17-12-21(13-17)8-9-23(14-21)20(25)5-3-4-15-6-7-18-16(10-15)11-19(24)22-18/h6-7,10,17H,2-5,8-9,11-14H2,1H3,(H,22,24). The smallest absolute Gasteiger partial charge is 0.228 e. The van der Waals surface area contributed by atoms with Gasteiger partial charge in [0.25, 0.3) is 0 Å². The van der Waals surface area contributed by atoms with Crippen molar-refractivity contribution in [1.29, 1.82) is 0 Å². The second kappa shape index (κ2) is 7.03. The molecule has 1 N–H and O–H groups in total. The number of ether oxygens (including phenoxy) is 1. The van der Waals surface area contributed by atoms with Crippen LogP contribution in [0, 0.1) is 5.41 Å². The molecule has 0 radical (unpaired) electrons. The van der Waals surface area contributed by atoms with Gasteiger partial charge in [0, 0.05) is 31.8 Å². The van der Waals surface area contributed by atoms with Gasteiger partial charge in [0.15, 0.2) is 0 Å². The Balaban J connectivity index is 1.22. The number of likely N-dealkylation sites (tertiary alicyclic amines) is 1. The summed E-state index contributed by atoms with van der Waals surface area (Å²) >= 11 is 0. The van der Waals surface area contributed by atoms with Crippen molar-refractivity contribution >= 4 is 17.5 Å². The highest BCUT2D eigenvalue weighted by atomic mass is 16.5. The fraction of sp³-hybridized carbons (Fsp3) is 0.619. The quantitative estimate of drug-likeness (QED) is 0.853. The Morgan fingerprint density at radius 3 is 3.04 bits per heavy atom. The number of carbonyl (C=O) groups is 2. The molecule has 1 saturated heterocycles. The molecule has 140 valence electrons. The first-order valence-corrected chi connectivity index (χ1v) is 9.88. The van der Waals surface area contributed by atoms with Crippen molar-refractivity contribution in [3.63, 3.8) is 0 Å². The largest absolute Gasteiger partial charge is 0.378 e. The molecular weight excluding hydrogens is 328 g/mol. The van der Waals surface area contributed by atoms with Crippen LogP contribution in [0.15, 0.2) is 18.2 Å². The van der Waals surface area contributed by atoms with E-state index >= 15 is 0 Å². The molecule has 1 aromatic rings. The first-order chi connectivity index (χ1) is 12.6. The molecule has 0 aromatic heterocycles. The molecular formula is C21H28N2O3. The number of benzene rings is 1. The van der Waals surface area contributed by atoms with Gasteiger partial charge in [-0.2, -0.15) is 0 Å². The molecule has 1 aromatic carbocycles. The predicted molar refractivity (Wildman–Crippen MR) is 100.0 cm³/mol. The number of nitrogens with zero attached hydrogens (tertiary/aromatic N) is 1. The highest BCUT2D eigenvalue weighted by molar-refractivity contribution is 5.99. The van der Waals surface area contributed by atoms with E-state index in [0.29, 0.717) is 30.3 Å². The number of carbonyl (C=O) groups excluding carboxylic acids is 2. The highest BCUT2D eigenvalue weighted by Crippen LogP contribution is 2.49. The Morgan fingerprint density at radius 2 is 2.23 bits per heavy atom. The van der Waals surface area contributed by atoms with Gasteiger partial charge in [-0.25, -0.2) is 0 Å². The molecule has 0 bridgehead atoms. The zero-order valence-corrected chi connectivity index (χ0v) is 15.6. The number of hydrogen-bond acceptors (Lipinski definition) is 3. The lowest BCUT2D eigenvalue weighted by Crippen LogP contribution is -2.45. The van der Waals surface area contributed by atoms with Crippen LogP contribution in [0.1, 0.15) is 50.2 Å². The Labute approximate surface area is 155 Å². The van der Waals surface area contributed by atoms with E-state index < -0.39 is 0 Å². The van der Waals surface area contributed by atoms with Crippen LogP contribution in [0.5, 0.6) is 0 Å². The van der Waals surface area contributed by atoms with Gasteiger partial charge in [0.2, 0.25) is 11.8 Å². The number of aryl methyl sites for hydroxylation is 1. The molecule has 2 heterocycles. The number of nitrogens with one attached hydrogen (secondary N) is 1. The van der Waals surface area contributed by atoms with Crippen LogP contribution in [-0.4, -0.2) is 42.5 Å². The second-order valence-corrected chi connectivity index (χ2v) is 8.12. The lowest BCUT2D eigenvalue weighted by atomic mass is 9.66. The van der Waals surface area contributed by atoms with Crippen LogP contribution >= 0.6 is 0 Å². The third kappa shape index (κ3) is 3.50. The molecule has 3 aliphatic rings. The van der Waals surface area contributed by atoms with Crippen molar-refractivity contribution < 1.29 is 14.3 Å². The maximum Gasteiger partial charge on any atom is 0.228 e. The van der Waals surface area contributed by atoms with Crippen molar-refractivity contribution in [3.8, 4) is 0 Å². The summed E-state index contributed by atoms with van der Waals surface area (Å²) in [6.45, 7) is 4.66. The summed E-state index contributed by atoms with van der Waals surface area (Å²) in [5, 5.41) is 2.86. The fourth-order valence-corrected chi connectivity index (χ4v) is 4.78. The summed E-state index contributed by atoms with van der Waals surface area (Å²) in [5.74, 6) is 0.359. The highest BCUT2D eigenvalue weighted by Gasteiger charge is 2.49. The van der Waals surface area contributed by atoms with Gasteiger partial charge < -0.3 is 15.0 Å². The summed E-state index contributed by atoms with van der Waals surface area (Å²) in [7, 11) is 0. The maximum atomic E-state index is 12.5. The number of hydrogen-bond donors (Lipinski definition) is 1. The number of fused-ring (bicyclic) bond motifs is 1. The molecule has 5 heteroatoms. The van der Waals surface area contributed by atoms with Gasteiger partial charge in [-0.15, -0.1) is 0 Å². The van der Waals surface area contributed by atoms with Gasteiger partial charge in [-0.3, -0.25) is 9.59 Å². The van der Waals surface area contributed by atoms with E-state index in [1.807, 2.05) is 13.0 Å². The molecule has 2 fully saturated rings. The van der Waals surface area contributed by atoms with Crippen molar-refractivity contribution in [3.05, 3.63) is 29.3 Å². The van der Waals surface area contributed by atoms with Gasteiger partial charge in [-0.05, 0) is 61.6 Å². The number of amides is 2. The average molecular weight is 356 g/mol. The van der Waals surface area contributed by atoms with Gasteiger partial charge in [0.05, 0.1) is 12.5 Å². The molecule has 26 heavy (non-hydrogen) atoms. The first-order valence-electron chi connectivity index (χ1n) is 9.88. The summed E-state index contributed by atoms with van der Waals surface area (Å²) in [6, 6.07) is 6.14. The Kier molecular flexibility index (Phi) is 4.74. The zero-order valence-electron chi connectivity index (χ0n) is 15.6. The van der Waals surface area contributed by atoms with Crippen molar-refractivity contribution in [1.82, 2.24) is 4.90 Å².